The number of carboxylic acid groups (broad SMARTS) is 1. The molecule has 1 heterocycles. The van der Waals surface area contributed by atoms with E-state index in [0.29, 0.717) is 0 Å². The van der Waals surface area contributed by atoms with Gasteiger partial charge in [0, 0.05) is 13.1 Å². The molecule has 0 radical (unpaired) electrons. The highest BCUT2D eigenvalue weighted by molar-refractivity contribution is 5.82. The van der Waals surface area contributed by atoms with Crippen LogP contribution in [0.2, 0.25) is 0 Å². The molecule has 1 fully saturated rings. The summed E-state index contributed by atoms with van der Waals surface area (Å²) in [5.74, 6) is -1.50. The van der Waals surface area contributed by atoms with Gasteiger partial charge in [-0.3, -0.25) is 14.5 Å². The fraction of sp³-hybridized carbons (Fsp3) is 0.500. The average molecular weight is 290 g/mol. The smallest absolute Gasteiger partial charge is 0.308 e. The maximum atomic E-state index is 12.2. The first-order valence-electron chi connectivity index (χ1n) is 7.36. The van der Waals surface area contributed by atoms with E-state index >= 15 is 0 Å². The minimum absolute atomic E-state index is 0.0588. The van der Waals surface area contributed by atoms with Crippen LogP contribution in [0.4, 0.5) is 0 Å². The molecule has 1 aromatic carbocycles. The highest BCUT2D eigenvalue weighted by Gasteiger charge is 2.30. The standard InChI is InChI=1S/C16H22N2O3/c1-12(16(20)21)10-17-15(19)14-8-5-9-18(14)11-13-6-3-2-4-7-13/h2-4,6-7,12,14H,5,8-11H2,1H3,(H,17,19)(H,20,21)/t12-,14+/m0/s1. The van der Waals surface area contributed by atoms with Crippen molar-refractivity contribution >= 4 is 11.9 Å². The van der Waals surface area contributed by atoms with Crippen molar-refractivity contribution in [3.05, 3.63) is 35.9 Å². The third kappa shape index (κ3) is 4.29. The topological polar surface area (TPSA) is 69.6 Å². The number of hydrogen-bond donors (Lipinski definition) is 2. The third-order valence-electron chi connectivity index (χ3n) is 3.90. The van der Waals surface area contributed by atoms with Crippen LogP contribution in [0.15, 0.2) is 30.3 Å². The molecule has 1 aliphatic rings. The van der Waals surface area contributed by atoms with Gasteiger partial charge < -0.3 is 10.4 Å². The van der Waals surface area contributed by atoms with Crippen molar-refractivity contribution in [2.45, 2.75) is 32.4 Å². The molecule has 0 spiro atoms. The van der Waals surface area contributed by atoms with Crippen LogP contribution in [-0.4, -0.2) is 41.0 Å². The van der Waals surface area contributed by atoms with Gasteiger partial charge in [-0.25, -0.2) is 0 Å². The average Bonchev–Trinajstić information content (AvgIpc) is 2.93. The molecule has 5 nitrogen and oxygen atoms in total. The monoisotopic (exact) mass is 290 g/mol. The molecule has 1 amide bonds. The molecular weight excluding hydrogens is 268 g/mol. The molecule has 0 aromatic heterocycles. The Balaban J connectivity index is 1.89. The zero-order chi connectivity index (χ0) is 15.2. The Kier molecular flexibility index (Phi) is 5.33. The van der Waals surface area contributed by atoms with E-state index in [1.165, 1.54) is 5.56 Å². The number of carbonyl (C=O) groups excluding carboxylic acids is 1. The van der Waals surface area contributed by atoms with Gasteiger partial charge in [0.1, 0.15) is 0 Å². The molecule has 1 aliphatic heterocycles. The summed E-state index contributed by atoms with van der Waals surface area (Å²) in [5, 5.41) is 11.6. The lowest BCUT2D eigenvalue weighted by Crippen LogP contribution is -2.44. The molecule has 1 saturated heterocycles. The summed E-state index contributed by atoms with van der Waals surface area (Å²) in [4.78, 5) is 25.2. The fourth-order valence-corrected chi connectivity index (χ4v) is 2.59. The van der Waals surface area contributed by atoms with Crippen molar-refractivity contribution in [3.8, 4) is 0 Å². The van der Waals surface area contributed by atoms with Crippen LogP contribution < -0.4 is 5.32 Å². The maximum absolute atomic E-state index is 12.2. The Morgan fingerprint density at radius 1 is 1.38 bits per heavy atom. The Hall–Kier alpha value is -1.88. The number of hydrogen-bond acceptors (Lipinski definition) is 3. The Morgan fingerprint density at radius 3 is 2.76 bits per heavy atom. The van der Waals surface area contributed by atoms with E-state index < -0.39 is 11.9 Å². The summed E-state index contributed by atoms with van der Waals surface area (Å²) in [6.07, 6.45) is 1.83. The lowest BCUT2D eigenvalue weighted by Gasteiger charge is -2.24. The second-order valence-corrected chi connectivity index (χ2v) is 5.60. The van der Waals surface area contributed by atoms with E-state index in [0.717, 1.165) is 25.9 Å². The number of rotatable bonds is 6. The fourth-order valence-electron chi connectivity index (χ4n) is 2.59. The highest BCUT2D eigenvalue weighted by atomic mass is 16.4. The minimum Gasteiger partial charge on any atom is -0.481 e. The first kappa shape index (κ1) is 15.5. The second kappa shape index (κ2) is 7.22. The minimum atomic E-state index is -0.886. The van der Waals surface area contributed by atoms with Crippen molar-refractivity contribution in [1.29, 1.82) is 0 Å². The van der Waals surface area contributed by atoms with Gasteiger partial charge in [-0.05, 0) is 24.9 Å². The number of amides is 1. The van der Waals surface area contributed by atoms with E-state index in [1.807, 2.05) is 18.2 Å². The number of benzene rings is 1. The molecule has 1 aromatic rings. The second-order valence-electron chi connectivity index (χ2n) is 5.60. The van der Waals surface area contributed by atoms with Crippen LogP contribution in [0, 0.1) is 5.92 Å². The Labute approximate surface area is 125 Å². The van der Waals surface area contributed by atoms with E-state index in [4.69, 9.17) is 5.11 Å². The van der Waals surface area contributed by atoms with Gasteiger partial charge >= 0.3 is 5.97 Å². The number of nitrogens with zero attached hydrogens (tertiary/aromatic N) is 1. The molecule has 21 heavy (non-hydrogen) atoms. The number of nitrogens with one attached hydrogen (secondary N) is 1. The summed E-state index contributed by atoms with van der Waals surface area (Å²) < 4.78 is 0. The summed E-state index contributed by atoms with van der Waals surface area (Å²) in [6, 6.07) is 9.93. The van der Waals surface area contributed by atoms with Crippen LogP contribution in [0.25, 0.3) is 0 Å². The van der Waals surface area contributed by atoms with Crippen molar-refractivity contribution in [1.82, 2.24) is 10.2 Å². The van der Waals surface area contributed by atoms with Crippen LogP contribution in [0.3, 0.4) is 0 Å². The van der Waals surface area contributed by atoms with E-state index in [-0.39, 0.29) is 18.5 Å². The van der Waals surface area contributed by atoms with Crippen molar-refractivity contribution in [3.63, 3.8) is 0 Å². The van der Waals surface area contributed by atoms with Gasteiger partial charge in [-0.1, -0.05) is 37.3 Å². The molecular formula is C16H22N2O3. The zero-order valence-electron chi connectivity index (χ0n) is 12.3. The summed E-state index contributed by atoms with van der Waals surface area (Å²) in [5.41, 5.74) is 1.19. The molecule has 2 rings (SSSR count). The summed E-state index contributed by atoms with van der Waals surface area (Å²) in [6.45, 7) is 3.44. The molecule has 5 heteroatoms. The van der Waals surface area contributed by atoms with Gasteiger partial charge in [-0.15, -0.1) is 0 Å². The van der Waals surface area contributed by atoms with E-state index in [9.17, 15) is 9.59 Å². The lowest BCUT2D eigenvalue weighted by molar-refractivity contribution is -0.141. The third-order valence-corrected chi connectivity index (χ3v) is 3.90. The van der Waals surface area contributed by atoms with Gasteiger partial charge in [0.05, 0.1) is 12.0 Å². The number of likely N-dealkylation sites (tertiary alicyclic amines) is 1. The predicted octanol–water partition coefficient (Wildman–Crippen LogP) is 1.49. The first-order valence-corrected chi connectivity index (χ1v) is 7.36. The normalized spacial score (nSPS) is 20.1. The summed E-state index contributed by atoms with van der Waals surface area (Å²) in [7, 11) is 0. The van der Waals surface area contributed by atoms with Crippen molar-refractivity contribution < 1.29 is 14.7 Å². The molecule has 0 bridgehead atoms. The molecule has 0 saturated carbocycles. The first-order chi connectivity index (χ1) is 10.1. The summed E-state index contributed by atoms with van der Waals surface area (Å²) >= 11 is 0. The van der Waals surface area contributed by atoms with E-state index in [2.05, 4.69) is 22.3 Å². The zero-order valence-corrected chi connectivity index (χ0v) is 12.3. The van der Waals surface area contributed by atoms with Gasteiger partial charge in [0.15, 0.2) is 0 Å². The van der Waals surface area contributed by atoms with Crippen molar-refractivity contribution in [2.75, 3.05) is 13.1 Å². The quantitative estimate of drug-likeness (QED) is 0.833. The van der Waals surface area contributed by atoms with Gasteiger partial charge in [0.2, 0.25) is 5.91 Å². The predicted molar refractivity (Wildman–Crippen MR) is 79.7 cm³/mol. The van der Waals surface area contributed by atoms with Crippen LogP contribution in [0.1, 0.15) is 25.3 Å². The maximum Gasteiger partial charge on any atom is 0.308 e. The Bertz CT molecular complexity index is 490. The van der Waals surface area contributed by atoms with Crippen LogP contribution in [0.5, 0.6) is 0 Å². The highest BCUT2D eigenvalue weighted by Crippen LogP contribution is 2.20. The lowest BCUT2D eigenvalue weighted by atomic mass is 10.1. The van der Waals surface area contributed by atoms with Crippen molar-refractivity contribution in [2.24, 2.45) is 5.92 Å². The molecule has 114 valence electrons. The largest absolute Gasteiger partial charge is 0.481 e. The van der Waals surface area contributed by atoms with Gasteiger partial charge in [-0.2, -0.15) is 0 Å². The molecule has 2 atom stereocenters. The van der Waals surface area contributed by atoms with E-state index in [1.54, 1.807) is 6.92 Å². The van der Waals surface area contributed by atoms with Gasteiger partial charge in [0.25, 0.3) is 0 Å². The number of carbonyl (C=O) groups is 2. The molecule has 2 N–H and O–H groups in total. The van der Waals surface area contributed by atoms with Crippen LogP contribution >= 0.6 is 0 Å². The number of aliphatic carboxylic acids is 1. The SMILES string of the molecule is C[C@@H](CNC(=O)[C@H]1CCCN1Cc1ccccc1)C(=O)O. The molecule has 0 unspecified atom stereocenters. The molecule has 0 aliphatic carbocycles. The Morgan fingerprint density at radius 2 is 2.10 bits per heavy atom. The van der Waals surface area contributed by atoms with Crippen LogP contribution in [-0.2, 0) is 16.1 Å². The number of carboxylic acids is 1.